The van der Waals surface area contributed by atoms with Gasteiger partial charge in [0.1, 0.15) is 17.1 Å². The van der Waals surface area contributed by atoms with Crippen molar-refractivity contribution < 1.29 is 34.8 Å². The number of nitrogens with zero attached hydrogens (tertiary/aromatic N) is 7. The van der Waals surface area contributed by atoms with E-state index in [0.29, 0.717) is 6.07 Å². The number of sulfone groups is 1. The summed E-state index contributed by atoms with van der Waals surface area (Å²) in [5.74, 6) is -0.631. The molecule has 0 unspecified atom stereocenters. The van der Waals surface area contributed by atoms with E-state index in [0.717, 1.165) is 21.5 Å². The molecular formula is C19H17F6N7O2S. The molecule has 0 aliphatic heterocycles. The predicted octanol–water partition coefficient (Wildman–Crippen LogP) is 3.60. The molecule has 4 rings (SSSR count). The summed E-state index contributed by atoms with van der Waals surface area (Å²) in [7, 11) is -0.0341. The predicted molar refractivity (Wildman–Crippen MR) is 111 cm³/mol. The van der Waals surface area contributed by atoms with Gasteiger partial charge in [0.15, 0.2) is 32.2 Å². The van der Waals surface area contributed by atoms with Gasteiger partial charge in [-0.1, -0.05) is 6.92 Å². The Hall–Kier alpha value is -3.43. The van der Waals surface area contributed by atoms with E-state index >= 15 is 0 Å². The molecule has 0 saturated heterocycles. The standard InChI is InChI=1S/C19H17F6N7O2S/c1-5-35(33,34)17-14(16-27-9-6-12(18(20,21)22)26-8-11(9)30(16)2)28-15(31(17)3)10-7-13(19(23,24)25)29-32(10)4/h6-8H,5H2,1-4H3. The number of aryl methyl sites for hydroxylation is 2. The lowest BCUT2D eigenvalue weighted by atomic mass is 10.3. The lowest BCUT2D eigenvalue weighted by Gasteiger charge is -2.07. The molecule has 35 heavy (non-hydrogen) atoms. The Bertz CT molecular complexity index is 1560. The van der Waals surface area contributed by atoms with Crippen LogP contribution in [0.1, 0.15) is 18.3 Å². The number of halogens is 6. The van der Waals surface area contributed by atoms with Crippen LogP contribution in [0.2, 0.25) is 0 Å². The van der Waals surface area contributed by atoms with Crippen molar-refractivity contribution in [2.24, 2.45) is 21.1 Å². The lowest BCUT2D eigenvalue weighted by Crippen LogP contribution is -2.12. The van der Waals surface area contributed by atoms with Crippen molar-refractivity contribution in [3.63, 3.8) is 0 Å². The maximum atomic E-state index is 13.2. The fraction of sp³-hybridized carbons (Fsp3) is 0.368. The molecule has 4 aromatic heterocycles. The highest BCUT2D eigenvalue weighted by Crippen LogP contribution is 2.36. The highest BCUT2D eigenvalue weighted by atomic mass is 32.2. The third-order valence-corrected chi connectivity index (χ3v) is 7.20. The zero-order valence-corrected chi connectivity index (χ0v) is 19.4. The molecule has 16 heteroatoms. The van der Waals surface area contributed by atoms with E-state index in [-0.39, 0.29) is 44.8 Å². The molecule has 0 bridgehead atoms. The largest absolute Gasteiger partial charge is 0.435 e. The van der Waals surface area contributed by atoms with E-state index in [1.165, 1.54) is 32.6 Å². The highest BCUT2D eigenvalue weighted by Gasteiger charge is 2.37. The van der Waals surface area contributed by atoms with Gasteiger partial charge in [-0.05, 0) is 12.1 Å². The average Bonchev–Trinajstić information content (AvgIpc) is 3.40. The molecule has 4 heterocycles. The Balaban J connectivity index is 2.01. The van der Waals surface area contributed by atoms with Crippen LogP contribution >= 0.6 is 0 Å². The molecule has 0 atom stereocenters. The summed E-state index contributed by atoms with van der Waals surface area (Å²) in [6, 6.07) is 1.44. The summed E-state index contributed by atoms with van der Waals surface area (Å²) in [4.78, 5) is 11.8. The monoisotopic (exact) mass is 521 g/mol. The number of alkyl halides is 6. The second-order valence-electron chi connectivity index (χ2n) is 7.64. The molecule has 0 N–H and O–H groups in total. The molecule has 0 saturated carbocycles. The number of imidazole rings is 2. The molecule has 0 spiro atoms. The quantitative estimate of drug-likeness (QED) is 0.381. The average molecular weight is 521 g/mol. The van der Waals surface area contributed by atoms with Crippen LogP contribution in [0.3, 0.4) is 0 Å². The van der Waals surface area contributed by atoms with Crippen molar-refractivity contribution in [3.8, 4) is 23.0 Å². The lowest BCUT2D eigenvalue weighted by molar-refractivity contribution is -0.142. The first-order valence-electron chi connectivity index (χ1n) is 9.87. The van der Waals surface area contributed by atoms with E-state index in [4.69, 9.17) is 0 Å². The first-order chi connectivity index (χ1) is 16.1. The summed E-state index contributed by atoms with van der Waals surface area (Å²) in [6.45, 7) is 1.37. The normalized spacial score (nSPS) is 13.2. The highest BCUT2D eigenvalue weighted by molar-refractivity contribution is 7.91. The van der Waals surface area contributed by atoms with E-state index in [2.05, 4.69) is 20.1 Å². The van der Waals surface area contributed by atoms with Gasteiger partial charge in [-0.15, -0.1) is 0 Å². The topological polar surface area (TPSA) is 100 Å². The Morgan fingerprint density at radius 1 is 0.886 bits per heavy atom. The van der Waals surface area contributed by atoms with Crippen LogP contribution in [0.4, 0.5) is 26.3 Å². The smallest absolute Gasteiger partial charge is 0.324 e. The van der Waals surface area contributed by atoms with E-state index in [9.17, 15) is 34.8 Å². The molecule has 0 radical (unpaired) electrons. The van der Waals surface area contributed by atoms with E-state index < -0.39 is 33.6 Å². The Morgan fingerprint density at radius 2 is 1.51 bits per heavy atom. The summed E-state index contributed by atoms with van der Waals surface area (Å²) >= 11 is 0. The molecule has 0 aromatic carbocycles. The molecule has 0 aliphatic rings. The number of aromatic nitrogens is 7. The minimum Gasteiger partial charge on any atom is -0.324 e. The van der Waals surface area contributed by atoms with Gasteiger partial charge in [-0.3, -0.25) is 4.68 Å². The van der Waals surface area contributed by atoms with Gasteiger partial charge < -0.3 is 9.13 Å². The second kappa shape index (κ2) is 7.79. The zero-order valence-electron chi connectivity index (χ0n) is 18.6. The molecular weight excluding hydrogens is 504 g/mol. The van der Waals surface area contributed by atoms with Crippen LogP contribution in [0.5, 0.6) is 0 Å². The minimum absolute atomic E-state index is 0.104. The van der Waals surface area contributed by atoms with Crippen molar-refractivity contribution >= 4 is 20.9 Å². The zero-order chi connectivity index (χ0) is 26.1. The fourth-order valence-corrected chi connectivity index (χ4v) is 4.83. The summed E-state index contributed by atoms with van der Waals surface area (Å²) in [5, 5.41) is 3.08. The summed E-state index contributed by atoms with van der Waals surface area (Å²) < 4.78 is 108. The van der Waals surface area contributed by atoms with Gasteiger partial charge in [-0.2, -0.15) is 31.4 Å². The van der Waals surface area contributed by atoms with Gasteiger partial charge in [0, 0.05) is 21.1 Å². The molecule has 0 aliphatic carbocycles. The summed E-state index contributed by atoms with van der Waals surface area (Å²) in [6.07, 6.45) is -8.53. The van der Waals surface area contributed by atoms with Gasteiger partial charge >= 0.3 is 12.4 Å². The fourth-order valence-electron chi connectivity index (χ4n) is 3.62. The van der Waals surface area contributed by atoms with Crippen LogP contribution in [-0.4, -0.2) is 48.0 Å². The van der Waals surface area contributed by atoms with Gasteiger partial charge in [0.05, 0.1) is 23.0 Å². The minimum atomic E-state index is -4.75. The molecule has 188 valence electrons. The van der Waals surface area contributed by atoms with Crippen LogP contribution in [-0.2, 0) is 43.3 Å². The molecule has 0 amide bonds. The second-order valence-corrected chi connectivity index (χ2v) is 9.83. The Kier molecular flexibility index (Phi) is 5.50. The molecule has 9 nitrogen and oxygen atoms in total. The van der Waals surface area contributed by atoms with Crippen molar-refractivity contribution in [1.29, 1.82) is 0 Å². The number of hydrogen-bond acceptors (Lipinski definition) is 6. The third kappa shape index (κ3) is 4.04. The van der Waals surface area contributed by atoms with Crippen molar-refractivity contribution in [3.05, 3.63) is 29.7 Å². The van der Waals surface area contributed by atoms with Gasteiger partial charge in [0.2, 0.25) is 0 Å². The van der Waals surface area contributed by atoms with Crippen LogP contribution < -0.4 is 0 Å². The molecule has 0 fully saturated rings. The van der Waals surface area contributed by atoms with Gasteiger partial charge in [0.25, 0.3) is 0 Å². The van der Waals surface area contributed by atoms with Crippen molar-refractivity contribution in [2.75, 3.05) is 5.75 Å². The number of rotatable bonds is 4. The summed E-state index contributed by atoms with van der Waals surface area (Å²) in [5.41, 5.74) is -2.69. The Morgan fingerprint density at radius 3 is 2.06 bits per heavy atom. The Labute approximate surface area is 194 Å². The maximum Gasteiger partial charge on any atom is 0.435 e. The SMILES string of the molecule is CCS(=O)(=O)c1c(-c2nc3cc(C(F)(F)F)ncc3n2C)nc(-c2cc(C(F)(F)F)nn2C)n1C. The number of fused-ring (bicyclic) bond motifs is 1. The number of hydrogen-bond donors (Lipinski definition) is 0. The van der Waals surface area contributed by atoms with Gasteiger partial charge in [-0.25, -0.2) is 23.4 Å². The van der Waals surface area contributed by atoms with Crippen molar-refractivity contribution in [2.45, 2.75) is 24.3 Å². The first kappa shape index (κ1) is 24.7. The first-order valence-corrected chi connectivity index (χ1v) is 11.5. The third-order valence-electron chi connectivity index (χ3n) is 5.39. The van der Waals surface area contributed by atoms with Crippen molar-refractivity contribution in [1.82, 2.24) is 33.9 Å². The molecule has 4 aromatic rings. The maximum absolute atomic E-state index is 13.2. The van der Waals surface area contributed by atoms with Crippen LogP contribution in [0.25, 0.3) is 34.1 Å². The van der Waals surface area contributed by atoms with Crippen LogP contribution in [0, 0.1) is 0 Å². The van der Waals surface area contributed by atoms with E-state index in [1.54, 1.807) is 0 Å². The van der Waals surface area contributed by atoms with E-state index in [1.807, 2.05) is 0 Å². The number of pyridine rings is 1. The van der Waals surface area contributed by atoms with Crippen LogP contribution in [0.15, 0.2) is 23.4 Å².